The van der Waals surface area contributed by atoms with Crippen molar-refractivity contribution in [3.8, 4) is 0 Å². The van der Waals surface area contributed by atoms with E-state index in [1.54, 1.807) is 43.5 Å². The molecule has 0 aliphatic heterocycles. The van der Waals surface area contributed by atoms with Crippen LogP contribution in [0.1, 0.15) is 37.8 Å². The fourth-order valence-corrected chi connectivity index (χ4v) is 4.59. The zero-order valence-corrected chi connectivity index (χ0v) is 23.6. The summed E-state index contributed by atoms with van der Waals surface area (Å²) in [6.45, 7) is 3.53. The van der Waals surface area contributed by atoms with Gasteiger partial charge in [-0.1, -0.05) is 68.8 Å². The second-order valence-electron chi connectivity index (χ2n) is 10.4. The molecule has 0 fully saturated rings. The Hall–Kier alpha value is -4.71. The number of carboxylic acids is 1. The number of benzene rings is 2. The van der Waals surface area contributed by atoms with E-state index in [2.05, 4.69) is 20.9 Å². The van der Waals surface area contributed by atoms with E-state index in [0.717, 1.165) is 22.0 Å². The van der Waals surface area contributed by atoms with Crippen molar-refractivity contribution in [3.63, 3.8) is 0 Å². The number of primary amides is 1. The van der Waals surface area contributed by atoms with Crippen LogP contribution in [0, 0.1) is 5.92 Å². The maximum absolute atomic E-state index is 13.7. The number of carboxylic acid groups (broad SMARTS) is 1. The van der Waals surface area contributed by atoms with Gasteiger partial charge in [0, 0.05) is 29.9 Å². The molecule has 224 valence electrons. The number of para-hydroxylation sites is 1. The van der Waals surface area contributed by atoms with Gasteiger partial charge in [0.05, 0.1) is 12.5 Å². The molecule has 4 amide bonds. The van der Waals surface area contributed by atoms with Gasteiger partial charge in [-0.3, -0.25) is 19.2 Å². The monoisotopic (exact) mass is 578 g/mol. The molecule has 12 heteroatoms. The molecule has 3 aromatic rings. The molecule has 5 unspecified atom stereocenters. The topological polar surface area (TPSA) is 210 Å². The Morgan fingerprint density at radius 1 is 0.857 bits per heavy atom. The second kappa shape index (κ2) is 14.8. The Balaban J connectivity index is 1.91. The first-order chi connectivity index (χ1) is 20.0. The smallest absolute Gasteiger partial charge is 0.326 e. The van der Waals surface area contributed by atoms with Crippen LogP contribution in [0.5, 0.6) is 0 Å². The lowest BCUT2D eigenvalue weighted by Gasteiger charge is -2.26. The number of H-pyrrole nitrogens is 1. The van der Waals surface area contributed by atoms with Crippen LogP contribution in [0.4, 0.5) is 0 Å². The van der Waals surface area contributed by atoms with Crippen molar-refractivity contribution in [3.05, 3.63) is 71.9 Å². The van der Waals surface area contributed by atoms with Crippen molar-refractivity contribution in [1.29, 1.82) is 0 Å². The summed E-state index contributed by atoms with van der Waals surface area (Å²) in [5.74, 6) is -4.46. The number of hydrogen-bond donors (Lipinski definition) is 7. The SMILES string of the molecule is CCC(C)C(NC(=O)C(Cc1c[nH]c2ccccc12)NC(=O)C(Cc1ccccc1)NC(=O)C(N)CC(N)=O)C(=O)O. The van der Waals surface area contributed by atoms with Crippen LogP contribution in [-0.4, -0.2) is 63.9 Å². The van der Waals surface area contributed by atoms with Gasteiger partial charge >= 0.3 is 5.97 Å². The highest BCUT2D eigenvalue weighted by atomic mass is 16.4. The van der Waals surface area contributed by atoms with Crippen LogP contribution >= 0.6 is 0 Å². The molecule has 2 aromatic carbocycles. The third-order valence-corrected chi connectivity index (χ3v) is 7.18. The Bertz CT molecular complexity index is 1410. The molecule has 3 rings (SSSR count). The van der Waals surface area contributed by atoms with Crippen molar-refractivity contribution in [2.24, 2.45) is 17.4 Å². The summed E-state index contributed by atoms with van der Waals surface area (Å²) in [5.41, 5.74) is 13.3. The largest absolute Gasteiger partial charge is 0.480 e. The van der Waals surface area contributed by atoms with Crippen molar-refractivity contribution in [1.82, 2.24) is 20.9 Å². The average molecular weight is 579 g/mol. The second-order valence-corrected chi connectivity index (χ2v) is 10.4. The molecule has 1 aromatic heterocycles. The lowest BCUT2D eigenvalue weighted by molar-refractivity contribution is -0.143. The molecule has 0 spiro atoms. The molecule has 12 nitrogen and oxygen atoms in total. The van der Waals surface area contributed by atoms with Gasteiger partial charge in [0.15, 0.2) is 0 Å². The van der Waals surface area contributed by atoms with E-state index in [1.807, 2.05) is 31.2 Å². The number of rotatable bonds is 15. The summed E-state index contributed by atoms with van der Waals surface area (Å²) < 4.78 is 0. The molecule has 0 saturated heterocycles. The van der Waals surface area contributed by atoms with Gasteiger partial charge in [-0.25, -0.2) is 4.79 Å². The van der Waals surface area contributed by atoms with Gasteiger partial charge in [0.1, 0.15) is 18.1 Å². The van der Waals surface area contributed by atoms with Gasteiger partial charge < -0.3 is 37.5 Å². The van der Waals surface area contributed by atoms with E-state index < -0.39 is 60.2 Å². The van der Waals surface area contributed by atoms with Crippen molar-refractivity contribution in [2.45, 2.75) is 63.7 Å². The molecule has 0 saturated carbocycles. The Kier molecular flexibility index (Phi) is 11.2. The quantitative estimate of drug-likeness (QED) is 0.137. The van der Waals surface area contributed by atoms with E-state index in [9.17, 15) is 29.1 Å². The van der Waals surface area contributed by atoms with Gasteiger partial charge in [-0.2, -0.15) is 0 Å². The average Bonchev–Trinajstić information content (AvgIpc) is 3.37. The summed E-state index contributed by atoms with van der Waals surface area (Å²) >= 11 is 0. The maximum Gasteiger partial charge on any atom is 0.326 e. The first kappa shape index (κ1) is 31.8. The van der Waals surface area contributed by atoms with Gasteiger partial charge in [0.25, 0.3) is 0 Å². The zero-order valence-electron chi connectivity index (χ0n) is 23.6. The molecule has 1 heterocycles. The highest BCUT2D eigenvalue weighted by Gasteiger charge is 2.32. The molecule has 9 N–H and O–H groups in total. The molecule has 5 atom stereocenters. The number of nitrogens with two attached hydrogens (primary N) is 2. The molecule has 0 radical (unpaired) electrons. The molecule has 0 aliphatic rings. The van der Waals surface area contributed by atoms with E-state index in [-0.39, 0.29) is 18.8 Å². The number of hydrogen-bond acceptors (Lipinski definition) is 6. The predicted molar refractivity (Wildman–Crippen MR) is 157 cm³/mol. The minimum atomic E-state index is -1.27. The van der Waals surface area contributed by atoms with Crippen LogP contribution < -0.4 is 27.4 Å². The van der Waals surface area contributed by atoms with E-state index in [0.29, 0.717) is 6.42 Å². The van der Waals surface area contributed by atoms with Crippen molar-refractivity contribution >= 4 is 40.5 Å². The molecular formula is C30H38N6O6. The van der Waals surface area contributed by atoms with Crippen LogP contribution in [-0.2, 0) is 36.8 Å². The lowest BCUT2D eigenvalue weighted by Crippen LogP contribution is -2.58. The summed E-state index contributed by atoms with van der Waals surface area (Å²) in [6, 6.07) is 11.6. The molecule has 0 aliphatic carbocycles. The number of amides is 4. The first-order valence-corrected chi connectivity index (χ1v) is 13.8. The van der Waals surface area contributed by atoms with Crippen molar-refractivity contribution in [2.75, 3.05) is 0 Å². The fourth-order valence-electron chi connectivity index (χ4n) is 4.59. The molecular weight excluding hydrogens is 540 g/mol. The Labute approximate surface area is 243 Å². The van der Waals surface area contributed by atoms with Crippen LogP contribution in [0.3, 0.4) is 0 Å². The predicted octanol–water partition coefficient (Wildman–Crippen LogP) is 0.741. The molecule has 42 heavy (non-hydrogen) atoms. The van der Waals surface area contributed by atoms with Crippen LogP contribution in [0.15, 0.2) is 60.8 Å². The highest BCUT2D eigenvalue weighted by Crippen LogP contribution is 2.20. The number of aromatic amines is 1. The Morgan fingerprint density at radius 3 is 2.10 bits per heavy atom. The standard InChI is InChI=1S/C30H38N6O6/c1-3-17(2)26(30(41)42)36-29(40)24(14-19-16-33-22-12-8-7-11-20(19)22)35-28(39)23(13-18-9-5-4-6-10-18)34-27(38)21(31)15-25(32)37/h4-12,16-17,21,23-24,26,33H,3,13-15,31H2,1-2H3,(H2,32,37)(H,34,38)(H,35,39)(H,36,40)(H,41,42). The fraction of sp³-hybridized carbons (Fsp3) is 0.367. The Morgan fingerprint density at radius 2 is 1.45 bits per heavy atom. The summed E-state index contributed by atoms with van der Waals surface area (Å²) in [4.78, 5) is 66.4. The van der Waals surface area contributed by atoms with Gasteiger partial charge in [0.2, 0.25) is 23.6 Å². The highest BCUT2D eigenvalue weighted by molar-refractivity contribution is 5.95. The summed E-state index contributed by atoms with van der Waals surface area (Å²) in [7, 11) is 0. The van der Waals surface area contributed by atoms with E-state index >= 15 is 0 Å². The number of fused-ring (bicyclic) bond motifs is 1. The number of carbonyl (C=O) groups is 5. The van der Waals surface area contributed by atoms with Crippen LogP contribution in [0.25, 0.3) is 10.9 Å². The first-order valence-electron chi connectivity index (χ1n) is 13.8. The van der Waals surface area contributed by atoms with Crippen molar-refractivity contribution < 1.29 is 29.1 Å². The number of nitrogens with one attached hydrogen (secondary N) is 4. The van der Waals surface area contributed by atoms with E-state index in [4.69, 9.17) is 11.5 Å². The van der Waals surface area contributed by atoms with Gasteiger partial charge in [-0.15, -0.1) is 0 Å². The van der Waals surface area contributed by atoms with E-state index in [1.165, 1.54) is 0 Å². The van der Waals surface area contributed by atoms with Crippen LogP contribution in [0.2, 0.25) is 0 Å². The molecule has 0 bridgehead atoms. The number of carbonyl (C=O) groups excluding carboxylic acids is 4. The number of aliphatic carboxylic acids is 1. The summed E-state index contributed by atoms with van der Waals surface area (Å²) in [5, 5.41) is 18.5. The third kappa shape index (κ3) is 8.64. The minimum absolute atomic E-state index is 0.0433. The zero-order chi connectivity index (χ0) is 30.8. The lowest BCUT2D eigenvalue weighted by atomic mass is 9.97. The number of aromatic nitrogens is 1. The van der Waals surface area contributed by atoms with Gasteiger partial charge in [-0.05, 0) is 23.1 Å². The third-order valence-electron chi connectivity index (χ3n) is 7.18. The summed E-state index contributed by atoms with van der Waals surface area (Å²) in [6.07, 6.45) is 1.93. The minimum Gasteiger partial charge on any atom is -0.480 e. The maximum atomic E-state index is 13.7. The normalized spacial score (nSPS) is 14.6.